The molecule has 1 heterocycles. The summed E-state index contributed by atoms with van der Waals surface area (Å²) in [7, 11) is 0. The summed E-state index contributed by atoms with van der Waals surface area (Å²) in [4.78, 5) is -0.238. The monoisotopic (exact) mass is 332 g/mol. The van der Waals surface area contributed by atoms with E-state index < -0.39 is 0 Å². The summed E-state index contributed by atoms with van der Waals surface area (Å²) in [6, 6.07) is 2.56. The fraction of sp³-hybridized carbons (Fsp3) is 0.600. The van der Waals surface area contributed by atoms with Gasteiger partial charge >= 0.3 is 0 Å². The first-order valence-electron chi connectivity index (χ1n) is 6.58. The highest BCUT2D eigenvalue weighted by Gasteiger charge is 2.42. The maximum Gasteiger partial charge on any atom is 0.128 e. The lowest BCUT2D eigenvalue weighted by molar-refractivity contribution is 0.0510. The molecule has 5 atom stereocenters. The molecule has 1 saturated heterocycles. The van der Waals surface area contributed by atoms with Crippen LogP contribution in [0.4, 0.5) is 8.78 Å². The van der Waals surface area contributed by atoms with E-state index in [0.717, 1.165) is 0 Å². The SMILES string of the molecule is Cc1cc(F)c(C(Br)C2C(C)OC(C)C2C)cc1F. The summed E-state index contributed by atoms with van der Waals surface area (Å²) in [6.07, 6.45) is 0.163. The smallest absolute Gasteiger partial charge is 0.128 e. The van der Waals surface area contributed by atoms with Gasteiger partial charge in [-0.15, -0.1) is 0 Å². The summed E-state index contributed by atoms with van der Waals surface area (Å²) >= 11 is 3.54. The molecule has 106 valence electrons. The Kier molecular flexibility index (Phi) is 4.31. The van der Waals surface area contributed by atoms with Crippen molar-refractivity contribution in [1.29, 1.82) is 0 Å². The summed E-state index contributed by atoms with van der Waals surface area (Å²) in [5, 5.41) is 0. The number of aryl methyl sites for hydroxylation is 1. The van der Waals surface area contributed by atoms with Gasteiger partial charge in [0, 0.05) is 16.3 Å². The highest BCUT2D eigenvalue weighted by atomic mass is 79.9. The van der Waals surface area contributed by atoms with E-state index >= 15 is 0 Å². The van der Waals surface area contributed by atoms with Crippen molar-refractivity contribution >= 4 is 15.9 Å². The van der Waals surface area contributed by atoms with Crippen LogP contribution in [0, 0.1) is 30.4 Å². The van der Waals surface area contributed by atoms with Gasteiger partial charge in [0.15, 0.2) is 0 Å². The molecule has 1 aliphatic heterocycles. The topological polar surface area (TPSA) is 9.23 Å². The van der Waals surface area contributed by atoms with Crippen LogP contribution in [0.3, 0.4) is 0 Å². The van der Waals surface area contributed by atoms with Gasteiger partial charge in [-0.2, -0.15) is 0 Å². The molecule has 5 unspecified atom stereocenters. The molecule has 1 aromatic rings. The predicted molar refractivity (Wildman–Crippen MR) is 75.4 cm³/mol. The summed E-state index contributed by atoms with van der Waals surface area (Å²) in [6.45, 7) is 7.67. The van der Waals surface area contributed by atoms with Crippen LogP contribution in [0.15, 0.2) is 12.1 Å². The van der Waals surface area contributed by atoms with Crippen LogP contribution >= 0.6 is 15.9 Å². The van der Waals surface area contributed by atoms with Gasteiger partial charge in [-0.1, -0.05) is 22.9 Å². The minimum Gasteiger partial charge on any atom is -0.375 e. The molecule has 4 heteroatoms. The molecule has 0 saturated carbocycles. The van der Waals surface area contributed by atoms with Gasteiger partial charge in [0.2, 0.25) is 0 Å². The maximum absolute atomic E-state index is 14.0. The highest BCUT2D eigenvalue weighted by Crippen LogP contribution is 2.45. The van der Waals surface area contributed by atoms with Gasteiger partial charge in [-0.05, 0) is 44.4 Å². The fourth-order valence-corrected chi connectivity index (χ4v) is 4.14. The molecule has 0 bridgehead atoms. The Balaban J connectivity index is 2.34. The van der Waals surface area contributed by atoms with E-state index in [1.807, 2.05) is 13.8 Å². The largest absolute Gasteiger partial charge is 0.375 e. The normalized spacial score (nSPS) is 32.6. The van der Waals surface area contributed by atoms with Gasteiger partial charge in [-0.25, -0.2) is 8.78 Å². The minimum atomic E-state index is -0.367. The van der Waals surface area contributed by atoms with E-state index in [1.165, 1.54) is 12.1 Å². The summed E-state index contributed by atoms with van der Waals surface area (Å²) < 4.78 is 33.5. The zero-order valence-corrected chi connectivity index (χ0v) is 13.2. The number of halogens is 3. The number of hydrogen-bond acceptors (Lipinski definition) is 1. The Hall–Kier alpha value is -0.480. The molecule has 1 nitrogen and oxygen atoms in total. The number of rotatable bonds is 2. The van der Waals surface area contributed by atoms with E-state index in [0.29, 0.717) is 17.0 Å². The molecule has 0 N–H and O–H groups in total. The molecule has 0 aliphatic carbocycles. The molecule has 0 amide bonds. The lowest BCUT2D eigenvalue weighted by Gasteiger charge is -2.25. The van der Waals surface area contributed by atoms with Crippen molar-refractivity contribution in [2.24, 2.45) is 11.8 Å². The van der Waals surface area contributed by atoms with Crippen LogP contribution in [0.5, 0.6) is 0 Å². The van der Waals surface area contributed by atoms with E-state index in [-0.39, 0.29) is 34.6 Å². The molecule has 19 heavy (non-hydrogen) atoms. The zero-order chi connectivity index (χ0) is 14.3. The average Bonchev–Trinajstić information content (AvgIpc) is 2.57. The molecule has 1 aliphatic rings. The Morgan fingerprint density at radius 2 is 1.74 bits per heavy atom. The molecule has 1 fully saturated rings. The first kappa shape index (κ1) is 14.9. The van der Waals surface area contributed by atoms with E-state index in [2.05, 4.69) is 22.9 Å². The standard InChI is InChI=1S/C15H19BrF2O/c1-7-5-13(18)11(6-12(7)17)15(16)14-8(2)9(3)19-10(14)4/h5-6,8-10,14-15H,1-4H3. The minimum absolute atomic E-state index is 0.0261. The predicted octanol–water partition coefficient (Wildman–Crippen LogP) is 4.77. The van der Waals surface area contributed by atoms with E-state index in [4.69, 9.17) is 4.74 Å². The van der Waals surface area contributed by atoms with Crippen LogP contribution in [-0.2, 0) is 4.74 Å². The van der Waals surface area contributed by atoms with Gasteiger partial charge in [-0.3, -0.25) is 0 Å². The van der Waals surface area contributed by atoms with E-state index in [1.54, 1.807) is 6.92 Å². The van der Waals surface area contributed by atoms with Crippen LogP contribution in [0.25, 0.3) is 0 Å². The fourth-order valence-electron chi connectivity index (χ4n) is 2.88. The van der Waals surface area contributed by atoms with Crippen molar-refractivity contribution in [3.63, 3.8) is 0 Å². The van der Waals surface area contributed by atoms with Gasteiger partial charge < -0.3 is 4.74 Å². The second kappa shape index (κ2) is 5.49. The quantitative estimate of drug-likeness (QED) is 0.709. The zero-order valence-electron chi connectivity index (χ0n) is 11.6. The van der Waals surface area contributed by atoms with Crippen molar-refractivity contribution in [1.82, 2.24) is 0 Å². The van der Waals surface area contributed by atoms with Crippen molar-refractivity contribution in [2.45, 2.75) is 44.7 Å². The first-order chi connectivity index (χ1) is 8.82. The van der Waals surface area contributed by atoms with Crippen LogP contribution < -0.4 is 0 Å². The third-order valence-corrected chi connectivity index (χ3v) is 5.34. The van der Waals surface area contributed by atoms with Gasteiger partial charge in [0.25, 0.3) is 0 Å². The van der Waals surface area contributed by atoms with E-state index in [9.17, 15) is 8.78 Å². The number of ether oxygens (including phenoxy) is 1. The number of hydrogen-bond donors (Lipinski definition) is 0. The van der Waals surface area contributed by atoms with Crippen LogP contribution in [0.2, 0.25) is 0 Å². The maximum atomic E-state index is 14.0. The third-order valence-electron chi connectivity index (χ3n) is 4.23. The number of alkyl halides is 1. The first-order valence-corrected chi connectivity index (χ1v) is 7.49. The van der Waals surface area contributed by atoms with Crippen molar-refractivity contribution in [3.8, 4) is 0 Å². The second-order valence-corrected chi connectivity index (χ2v) is 6.49. The molecule has 1 aromatic carbocycles. The molecular formula is C15H19BrF2O. The van der Waals surface area contributed by atoms with Gasteiger partial charge in [0.05, 0.1) is 12.2 Å². The molecule has 0 spiro atoms. The summed E-state index contributed by atoms with van der Waals surface area (Å²) in [5.74, 6) is -0.303. The van der Waals surface area contributed by atoms with Gasteiger partial charge in [0.1, 0.15) is 11.6 Å². The Morgan fingerprint density at radius 1 is 1.11 bits per heavy atom. The lowest BCUT2D eigenvalue weighted by Crippen LogP contribution is -2.22. The molecule has 2 rings (SSSR count). The average molecular weight is 333 g/mol. The van der Waals surface area contributed by atoms with Crippen molar-refractivity contribution < 1.29 is 13.5 Å². The third kappa shape index (κ3) is 2.70. The Bertz CT molecular complexity index is 477. The Labute approximate surface area is 121 Å². The van der Waals surface area contributed by atoms with Crippen LogP contribution in [-0.4, -0.2) is 12.2 Å². The lowest BCUT2D eigenvalue weighted by atomic mass is 9.84. The molecule has 0 aromatic heterocycles. The molecule has 0 radical (unpaired) electrons. The van der Waals surface area contributed by atoms with Crippen molar-refractivity contribution in [3.05, 3.63) is 34.9 Å². The molecular weight excluding hydrogens is 314 g/mol. The van der Waals surface area contributed by atoms with Crippen molar-refractivity contribution in [2.75, 3.05) is 0 Å². The highest BCUT2D eigenvalue weighted by molar-refractivity contribution is 9.09. The second-order valence-electron chi connectivity index (χ2n) is 5.51. The van der Waals surface area contributed by atoms with Crippen LogP contribution in [0.1, 0.15) is 36.7 Å². The Morgan fingerprint density at radius 3 is 2.26 bits per heavy atom. The number of benzene rings is 1. The summed E-state index contributed by atoms with van der Waals surface area (Å²) in [5.41, 5.74) is 0.711.